The van der Waals surface area contributed by atoms with E-state index in [2.05, 4.69) is 73.4 Å². The van der Waals surface area contributed by atoms with E-state index >= 15 is 0 Å². The van der Waals surface area contributed by atoms with Crippen LogP contribution < -0.4 is 31.9 Å². The molecule has 0 aromatic heterocycles. The van der Waals surface area contributed by atoms with Crippen LogP contribution >= 0.6 is 24.8 Å². The number of halogens is 2. The summed E-state index contributed by atoms with van der Waals surface area (Å²) in [4.78, 5) is 0. The van der Waals surface area contributed by atoms with Gasteiger partial charge in [-0.15, -0.1) is 24.8 Å². The minimum absolute atomic E-state index is 0. The summed E-state index contributed by atoms with van der Waals surface area (Å²) in [6, 6.07) is 0.404. The molecule has 0 saturated heterocycles. The van der Waals surface area contributed by atoms with Crippen LogP contribution in [0.2, 0.25) is 0 Å². The molecule has 0 aliphatic rings. The Balaban J connectivity index is -0.00000544. The smallest absolute Gasteiger partial charge is 0.195 e. The van der Waals surface area contributed by atoms with Crippen molar-refractivity contribution in [1.82, 2.24) is 31.9 Å². The molecule has 0 amide bonds. The van der Waals surface area contributed by atoms with Crippen molar-refractivity contribution in [3.63, 3.8) is 0 Å². The maximum absolute atomic E-state index is 7.94. The highest BCUT2D eigenvalue weighted by Crippen LogP contribution is 2.09. The highest BCUT2D eigenvalue weighted by atomic mass is 35.5. The highest BCUT2D eigenvalue weighted by Gasteiger charge is 2.10. The molecule has 0 bridgehead atoms. The number of unbranched alkanes of at least 4 members (excludes halogenated alkanes) is 3. The second-order valence-corrected chi connectivity index (χ2v) is 9.61. The fourth-order valence-electron chi connectivity index (χ4n) is 3.59. The van der Waals surface area contributed by atoms with E-state index in [-0.39, 0.29) is 60.7 Å². The van der Waals surface area contributed by atoms with Crippen LogP contribution in [0.1, 0.15) is 92.9 Å². The molecule has 4 atom stereocenters. The highest BCUT2D eigenvalue weighted by molar-refractivity contribution is 5.96. The third-order valence-electron chi connectivity index (χ3n) is 5.89. The van der Waals surface area contributed by atoms with E-state index in [1.54, 1.807) is 0 Å². The Hall–Kier alpha value is -1.94. The van der Waals surface area contributed by atoms with Crippen LogP contribution in [-0.2, 0) is 0 Å². The Morgan fingerprint density at radius 1 is 0.556 bits per heavy atom. The largest absolute Gasteiger partial charge is 0.356 e. The Labute approximate surface area is 231 Å². The normalized spacial score (nSPS) is 13.4. The van der Waals surface area contributed by atoms with Crippen LogP contribution in [-0.4, -0.2) is 49.0 Å². The van der Waals surface area contributed by atoms with Crippen molar-refractivity contribution in [3.05, 3.63) is 0 Å². The van der Waals surface area contributed by atoms with Gasteiger partial charge in [0.2, 0.25) is 0 Å². The third-order valence-corrected chi connectivity index (χ3v) is 5.89. The zero-order chi connectivity index (χ0) is 25.9. The van der Waals surface area contributed by atoms with Crippen molar-refractivity contribution >= 4 is 48.7 Å². The predicted octanol–water partition coefficient (Wildman–Crippen LogP) is 4.32. The minimum atomic E-state index is 0. The lowest BCUT2D eigenvalue weighted by molar-refractivity contribution is 0.446. The molecule has 0 aliphatic carbocycles. The molecule has 0 saturated carbocycles. The summed E-state index contributed by atoms with van der Waals surface area (Å²) in [6.45, 7) is 14.2. The second kappa shape index (κ2) is 23.5. The Morgan fingerprint density at radius 3 is 1.19 bits per heavy atom. The lowest BCUT2D eigenvalue weighted by atomic mass is 10.0. The van der Waals surface area contributed by atoms with E-state index in [9.17, 15) is 0 Å². The van der Waals surface area contributed by atoms with Gasteiger partial charge in [0.1, 0.15) is 0 Å². The van der Waals surface area contributed by atoms with Crippen LogP contribution in [0.15, 0.2) is 0 Å². The molecule has 0 aliphatic heterocycles. The summed E-state index contributed by atoms with van der Waals surface area (Å²) in [5.41, 5.74) is 0. The van der Waals surface area contributed by atoms with Gasteiger partial charge >= 0.3 is 0 Å². The number of guanidine groups is 4. The van der Waals surface area contributed by atoms with E-state index in [4.69, 9.17) is 21.6 Å². The third kappa shape index (κ3) is 22.5. The van der Waals surface area contributed by atoms with Crippen molar-refractivity contribution in [2.45, 2.75) is 105 Å². The van der Waals surface area contributed by atoms with Gasteiger partial charge in [0.25, 0.3) is 0 Å². The minimum Gasteiger partial charge on any atom is -0.356 e. The molecule has 0 rings (SSSR count). The zero-order valence-electron chi connectivity index (χ0n) is 23.2. The fraction of sp³-hybridized carbons (Fsp3) is 0.833. The molecule has 0 fully saturated rings. The molecule has 10 N–H and O–H groups in total. The molecule has 10 nitrogen and oxygen atoms in total. The summed E-state index contributed by atoms with van der Waals surface area (Å²) < 4.78 is 0. The van der Waals surface area contributed by atoms with Gasteiger partial charge < -0.3 is 21.3 Å². The quantitative estimate of drug-likeness (QED) is 0.0823. The van der Waals surface area contributed by atoms with Gasteiger partial charge in [-0.05, 0) is 51.4 Å². The molecule has 0 radical (unpaired) electrons. The van der Waals surface area contributed by atoms with Crippen molar-refractivity contribution in [2.24, 2.45) is 11.8 Å². The molecular weight excluding hydrogens is 499 g/mol. The molecule has 0 heterocycles. The Kier molecular flexibility index (Phi) is 25.1. The van der Waals surface area contributed by atoms with Gasteiger partial charge in [0, 0.05) is 25.2 Å². The van der Waals surface area contributed by atoms with Crippen LogP contribution in [0.3, 0.4) is 0 Å². The topological polar surface area (TPSA) is 168 Å². The summed E-state index contributed by atoms with van der Waals surface area (Å²) in [5.74, 6) is 1.83. The first-order valence-electron chi connectivity index (χ1n) is 13.0. The first-order valence-corrected chi connectivity index (χ1v) is 13.0. The number of nitrogens with one attached hydrogen (secondary N) is 10. The van der Waals surface area contributed by atoms with E-state index in [1.165, 1.54) is 0 Å². The van der Waals surface area contributed by atoms with Gasteiger partial charge in [0.15, 0.2) is 23.8 Å². The molecule has 36 heavy (non-hydrogen) atoms. The van der Waals surface area contributed by atoms with Crippen molar-refractivity contribution in [3.8, 4) is 0 Å². The standard InChI is InChI=1S/C24H52N10.2ClH/c1-7-17(3)15-19(5)31-23(27)33-21(25)29-13-11-9-10-12-14-30-22(26)34-24(28)32-20(6)16-18(4)8-2;;/h17-20H,7-16H2,1-6H3,(H5,25,27,29,31,33)(H5,26,28,30,32,34);2*1H. The van der Waals surface area contributed by atoms with Gasteiger partial charge in [0.05, 0.1) is 0 Å². The summed E-state index contributed by atoms with van der Waals surface area (Å²) >= 11 is 0. The summed E-state index contributed by atoms with van der Waals surface area (Å²) in [6.07, 6.45) is 8.18. The lowest BCUT2D eigenvalue weighted by Crippen LogP contribution is -2.48. The maximum Gasteiger partial charge on any atom is 0.195 e. The van der Waals surface area contributed by atoms with Crippen LogP contribution in [0.5, 0.6) is 0 Å². The van der Waals surface area contributed by atoms with Crippen LogP contribution in [0.4, 0.5) is 0 Å². The van der Waals surface area contributed by atoms with E-state index in [1.807, 2.05) is 0 Å². The average molecular weight is 554 g/mol. The van der Waals surface area contributed by atoms with E-state index in [0.29, 0.717) is 24.9 Å². The second-order valence-electron chi connectivity index (χ2n) is 9.61. The van der Waals surface area contributed by atoms with Gasteiger partial charge in [-0.25, -0.2) is 0 Å². The van der Waals surface area contributed by atoms with E-state index < -0.39 is 0 Å². The first-order chi connectivity index (χ1) is 16.1. The van der Waals surface area contributed by atoms with E-state index in [0.717, 1.165) is 51.4 Å². The fourth-order valence-corrected chi connectivity index (χ4v) is 3.59. The molecule has 0 aromatic carbocycles. The van der Waals surface area contributed by atoms with Gasteiger partial charge in [-0.2, -0.15) is 0 Å². The van der Waals surface area contributed by atoms with Crippen LogP contribution in [0, 0.1) is 33.5 Å². The monoisotopic (exact) mass is 552 g/mol. The van der Waals surface area contributed by atoms with Crippen LogP contribution in [0.25, 0.3) is 0 Å². The van der Waals surface area contributed by atoms with Gasteiger partial charge in [-0.1, -0.05) is 53.4 Å². The average Bonchev–Trinajstić information content (AvgIpc) is 2.74. The molecule has 4 unspecified atom stereocenters. The number of hydrogen-bond donors (Lipinski definition) is 10. The zero-order valence-corrected chi connectivity index (χ0v) is 24.8. The Bertz CT molecular complexity index is 566. The Morgan fingerprint density at radius 2 is 0.889 bits per heavy atom. The SMILES string of the molecule is CCC(C)CC(C)NC(=N)NC(=N)NCCCCCCNC(=N)NC(=N)NC(C)CC(C)CC.Cl.Cl. The lowest BCUT2D eigenvalue weighted by Gasteiger charge is -2.20. The molecule has 12 heteroatoms. The van der Waals surface area contributed by atoms with Crippen molar-refractivity contribution in [1.29, 1.82) is 21.6 Å². The number of rotatable bonds is 15. The molecule has 0 spiro atoms. The molecular formula is C24H54Cl2N10. The molecule has 0 aromatic rings. The number of hydrogen-bond acceptors (Lipinski definition) is 4. The summed E-state index contributed by atoms with van der Waals surface area (Å²) in [7, 11) is 0. The molecule has 214 valence electrons. The van der Waals surface area contributed by atoms with Gasteiger partial charge in [-0.3, -0.25) is 32.3 Å². The first kappa shape index (κ1) is 38.6. The summed E-state index contributed by atoms with van der Waals surface area (Å²) in [5, 5.41) is 49.4. The van der Waals surface area contributed by atoms with Crippen molar-refractivity contribution < 1.29 is 0 Å². The van der Waals surface area contributed by atoms with Crippen molar-refractivity contribution in [2.75, 3.05) is 13.1 Å². The maximum atomic E-state index is 7.94. The predicted molar refractivity (Wildman–Crippen MR) is 159 cm³/mol.